The van der Waals surface area contributed by atoms with Crippen LogP contribution < -0.4 is 10.2 Å². The number of benzene rings is 1. The fourth-order valence-electron chi connectivity index (χ4n) is 4.20. The normalized spacial score (nSPS) is 12.3. The van der Waals surface area contributed by atoms with Crippen molar-refractivity contribution in [3.05, 3.63) is 81.9 Å². The van der Waals surface area contributed by atoms with Crippen LogP contribution in [-0.4, -0.2) is 32.2 Å². The van der Waals surface area contributed by atoms with Crippen molar-refractivity contribution in [3.63, 3.8) is 0 Å². The highest BCUT2D eigenvalue weighted by atomic mass is 35.5. The van der Waals surface area contributed by atoms with Crippen molar-refractivity contribution in [2.45, 2.75) is 12.8 Å². The summed E-state index contributed by atoms with van der Waals surface area (Å²) >= 11 is 12.6. The number of rotatable bonds is 5. The summed E-state index contributed by atoms with van der Waals surface area (Å²) in [6, 6.07) is 13.2. The van der Waals surface area contributed by atoms with E-state index in [2.05, 4.69) is 26.5 Å². The number of anilines is 3. The number of fused-ring (bicyclic) bond motifs is 1. The maximum atomic E-state index is 13.1. The van der Waals surface area contributed by atoms with Crippen LogP contribution >= 0.6 is 23.2 Å². The Morgan fingerprint density at radius 1 is 1.20 bits per heavy atom. The molecule has 0 atom stereocenters. The number of nitriles is 1. The molecular formula is C25H19Cl2N7O. The molecule has 35 heavy (non-hydrogen) atoms. The summed E-state index contributed by atoms with van der Waals surface area (Å²) in [5.74, 6) is 1.24. The van der Waals surface area contributed by atoms with E-state index in [1.165, 1.54) is 0 Å². The highest BCUT2D eigenvalue weighted by Crippen LogP contribution is 2.39. The second-order valence-electron chi connectivity index (χ2n) is 8.08. The van der Waals surface area contributed by atoms with Gasteiger partial charge in [-0.1, -0.05) is 29.3 Å². The third-order valence-corrected chi connectivity index (χ3v) is 6.55. The summed E-state index contributed by atoms with van der Waals surface area (Å²) in [6.07, 6.45) is 5.58. The quantitative estimate of drug-likeness (QED) is 0.387. The molecule has 1 aliphatic heterocycles. The third-order valence-electron chi connectivity index (χ3n) is 5.91. The van der Waals surface area contributed by atoms with Crippen molar-refractivity contribution >= 4 is 46.4 Å². The number of aryl methyl sites for hydroxylation is 1. The Labute approximate surface area is 211 Å². The summed E-state index contributed by atoms with van der Waals surface area (Å²) in [5, 5.41) is 18.1. The van der Waals surface area contributed by atoms with Gasteiger partial charge in [-0.05, 0) is 47.4 Å². The number of hydrogen-bond acceptors (Lipinski definition) is 6. The minimum atomic E-state index is -0.132. The Kier molecular flexibility index (Phi) is 6.12. The van der Waals surface area contributed by atoms with Crippen molar-refractivity contribution in [1.82, 2.24) is 19.7 Å². The predicted octanol–water partition coefficient (Wildman–Crippen LogP) is 4.93. The van der Waals surface area contributed by atoms with Crippen molar-refractivity contribution in [3.8, 4) is 17.2 Å². The zero-order chi connectivity index (χ0) is 24.5. The lowest BCUT2D eigenvalue weighted by Gasteiger charge is -2.19. The minimum Gasteiger partial charge on any atom is -0.325 e. The Morgan fingerprint density at radius 2 is 2.06 bits per heavy atom. The number of amides is 1. The van der Waals surface area contributed by atoms with Gasteiger partial charge in [-0.3, -0.25) is 9.48 Å². The molecule has 0 saturated heterocycles. The van der Waals surface area contributed by atoms with Gasteiger partial charge in [0.2, 0.25) is 5.91 Å². The molecule has 10 heteroatoms. The Balaban J connectivity index is 1.48. The molecule has 1 N–H and O–H groups in total. The Bertz CT molecular complexity index is 1490. The van der Waals surface area contributed by atoms with E-state index >= 15 is 0 Å². The second-order valence-corrected chi connectivity index (χ2v) is 8.85. The average molecular weight is 504 g/mol. The molecule has 5 rings (SSSR count). The topological polar surface area (TPSA) is 99.7 Å². The van der Waals surface area contributed by atoms with E-state index < -0.39 is 0 Å². The first-order chi connectivity index (χ1) is 16.9. The molecule has 4 aromatic rings. The van der Waals surface area contributed by atoms with Gasteiger partial charge in [-0.25, -0.2) is 9.97 Å². The maximum Gasteiger partial charge on any atom is 0.231 e. The molecule has 4 heterocycles. The summed E-state index contributed by atoms with van der Waals surface area (Å²) in [7, 11) is 1.83. The van der Waals surface area contributed by atoms with Crippen LogP contribution in [0.15, 0.2) is 55.0 Å². The van der Waals surface area contributed by atoms with Crippen LogP contribution in [0.3, 0.4) is 0 Å². The summed E-state index contributed by atoms with van der Waals surface area (Å²) in [6.45, 7) is 0.488. The first-order valence-electron chi connectivity index (χ1n) is 10.8. The number of pyridine rings is 2. The highest BCUT2D eigenvalue weighted by Gasteiger charge is 2.29. The van der Waals surface area contributed by atoms with Crippen molar-refractivity contribution < 1.29 is 4.79 Å². The lowest BCUT2D eigenvalue weighted by atomic mass is 9.98. The number of nitrogens with zero attached hydrogens (tertiary/aromatic N) is 6. The average Bonchev–Trinajstić information content (AvgIpc) is 3.47. The first-order valence-corrected chi connectivity index (χ1v) is 11.6. The van der Waals surface area contributed by atoms with Gasteiger partial charge in [-0.15, -0.1) is 0 Å². The van der Waals surface area contributed by atoms with E-state index in [9.17, 15) is 10.1 Å². The van der Waals surface area contributed by atoms with E-state index in [-0.39, 0.29) is 12.3 Å². The van der Waals surface area contributed by atoms with Gasteiger partial charge in [0, 0.05) is 37.6 Å². The molecular weight excluding hydrogens is 485 g/mol. The number of aromatic nitrogens is 4. The number of hydrogen-bond donors (Lipinski definition) is 1. The monoisotopic (exact) mass is 503 g/mol. The van der Waals surface area contributed by atoms with Crippen LogP contribution in [0, 0.1) is 11.3 Å². The van der Waals surface area contributed by atoms with E-state index in [1.54, 1.807) is 46.4 Å². The van der Waals surface area contributed by atoms with E-state index in [4.69, 9.17) is 23.2 Å². The minimum absolute atomic E-state index is 0.109. The van der Waals surface area contributed by atoms with E-state index in [1.807, 2.05) is 25.2 Å². The van der Waals surface area contributed by atoms with Gasteiger partial charge in [0.15, 0.2) is 0 Å². The number of carbonyl (C=O) groups excluding carboxylic acids is 1. The van der Waals surface area contributed by atoms with Gasteiger partial charge >= 0.3 is 0 Å². The molecule has 0 unspecified atom stereocenters. The second kappa shape index (κ2) is 9.37. The lowest BCUT2D eigenvalue weighted by molar-refractivity contribution is -0.117. The van der Waals surface area contributed by atoms with Crippen molar-refractivity contribution in [2.75, 3.05) is 16.8 Å². The van der Waals surface area contributed by atoms with Crippen LogP contribution in [0.1, 0.15) is 16.7 Å². The van der Waals surface area contributed by atoms with Gasteiger partial charge < -0.3 is 10.2 Å². The molecule has 0 spiro atoms. The molecule has 0 saturated carbocycles. The van der Waals surface area contributed by atoms with Gasteiger partial charge in [0.05, 0.1) is 28.9 Å². The third kappa shape index (κ3) is 4.44. The molecule has 0 fully saturated rings. The molecule has 1 aromatic carbocycles. The predicted molar refractivity (Wildman–Crippen MR) is 135 cm³/mol. The van der Waals surface area contributed by atoms with Crippen LogP contribution in [0.2, 0.25) is 10.2 Å². The van der Waals surface area contributed by atoms with Crippen molar-refractivity contribution in [2.24, 2.45) is 7.05 Å². The highest BCUT2D eigenvalue weighted by molar-refractivity contribution is 6.33. The Morgan fingerprint density at radius 3 is 2.80 bits per heavy atom. The number of halogens is 2. The van der Waals surface area contributed by atoms with Crippen LogP contribution in [0.4, 0.5) is 17.3 Å². The molecule has 0 bridgehead atoms. The smallest absolute Gasteiger partial charge is 0.231 e. The number of carbonyl (C=O) groups is 1. The summed E-state index contributed by atoms with van der Waals surface area (Å²) in [5.41, 5.74) is 4.13. The van der Waals surface area contributed by atoms with Crippen LogP contribution in [-0.2, 0) is 24.7 Å². The van der Waals surface area contributed by atoms with Crippen LogP contribution in [0.25, 0.3) is 11.1 Å². The summed E-state index contributed by atoms with van der Waals surface area (Å²) in [4.78, 5) is 23.2. The van der Waals surface area contributed by atoms with E-state index in [0.29, 0.717) is 45.8 Å². The molecule has 8 nitrogen and oxygen atoms in total. The maximum absolute atomic E-state index is 13.1. The fourth-order valence-corrected chi connectivity index (χ4v) is 4.60. The van der Waals surface area contributed by atoms with Gasteiger partial charge in [0.1, 0.15) is 22.9 Å². The lowest BCUT2D eigenvalue weighted by Crippen LogP contribution is -2.31. The van der Waals surface area contributed by atoms with Crippen LogP contribution in [0.5, 0.6) is 0 Å². The molecule has 1 amide bonds. The zero-order valence-corrected chi connectivity index (χ0v) is 20.2. The number of nitrogens with one attached hydrogen (secondary N) is 1. The molecule has 174 valence electrons. The standard InChI is InChI=1S/C25H19Cl2N7O/c1-33-22(4-7-31-33)32-21-12-19(20(26)14-30-21)17-9-15-5-8-34(24(15)18(10-17)13-28)23(35)11-16-3-2-6-29-25(16)27/h2-4,6-7,9-10,12,14H,5,8,11H2,1H3,(H,30,32). The fraction of sp³-hybridized carbons (Fsp3) is 0.160. The molecule has 0 radical (unpaired) electrons. The largest absolute Gasteiger partial charge is 0.325 e. The Hall–Kier alpha value is -3.93. The molecule has 0 aliphatic carbocycles. The van der Waals surface area contributed by atoms with Gasteiger partial charge in [0.25, 0.3) is 0 Å². The molecule has 3 aromatic heterocycles. The zero-order valence-electron chi connectivity index (χ0n) is 18.7. The first kappa shape index (κ1) is 22.8. The SMILES string of the molecule is Cn1nccc1Nc1cc(-c2cc(C#N)c3c(c2)CCN3C(=O)Cc2cccnc2Cl)c(Cl)cn1. The molecule has 1 aliphatic rings. The summed E-state index contributed by atoms with van der Waals surface area (Å²) < 4.78 is 1.70. The van der Waals surface area contributed by atoms with Gasteiger partial charge in [-0.2, -0.15) is 10.4 Å². The van der Waals surface area contributed by atoms with Crippen molar-refractivity contribution in [1.29, 1.82) is 5.26 Å². The van der Waals surface area contributed by atoms with E-state index in [0.717, 1.165) is 22.5 Å².